The standard InChI is InChI=1S/C12H18BrN5O3S/c1-5-7(19)8(20)9(21-5)18-4-17-12(22-6(2)13)10(14)15-3-16-11(12)18/h4-9,19-20H,3H2,1-2H3,(H2,14,15)/t5-,6?,7-,8-,9-,12?/m1/s1. The van der Waals surface area contributed by atoms with E-state index in [0.29, 0.717) is 11.7 Å². The van der Waals surface area contributed by atoms with Crippen molar-refractivity contribution in [3.05, 3.63) is 0 Å². The van der Waals surface area contributed by atoms with Crippen LogP contribution in [0.25, 0.3) is 0 Å². The summed E-state index contributed by atoms with van der Waals surface area (Å²) < 4.78 is 5.73. The number of alkyl halides is 1. The quantitative estimate of drug-likeness (QED) is 0.568. The Kier molecular flexibility index (Phi) is 4.23. The molecule has 1 saturated heterocycles. The van der Waals surface area contributed by atoms with Crippen LogP contribution < -0.4 is 5.73 Å². The third-order valence-electron chi connectivity index (χ3n) is 3.80. The number of halogens is 1. The van der Waals surface area contributed by atoms with Gasteiger partial charge in [-0.1, -0.05) is 15.9 Å². The Balaban J connectivity index is 1.92. The zero-order chi connectivity index (χ0) is 16.1. The van der Waals surface area contributed by atoms with Crippen molar-refractivity contribution in [3.63, 3.8) is 0 Å². The van der Waals surface area contributed by atoms with Gasteiger partial charge in [0.1, 0.15) is 24.7 Å². The molecule has 22 heavy (non-hydrogen) atoms. The van der Waals surface area contributed by atoms with Crippen molar-refractivity contribution in [2.24, 2.45) is 20.7 Å². The van der Waals surface area contributed by atoms with Gasteiger partial charge in [0.15, 0.2) is 12.1 Å². The predicted octanol–water partition coefficient (Wildman–Crippen LogP) is -0.306. The highest BCUT2D eigenvalue weighted by Gasteiger charge is 2.54. The van der Waals surface area contributed by atoms with Gasteiger partial charge in [0.05, 0.1) is 16.6 Å². The van der Waals surface area contributed by atoms with Crippen molar-refractivity contribution < 1.29 is 14.9 Å². The predicted molar refractivity (Wildman–Crippen MR) is 89.3 cm³/mol. The fourth-order valence-corrected chi connectivity index (χ4v) is 4.56. The third-order valence-corrected chi connectivity index (χ3v) is 5.53. The first-order chi connectivity index (χ1) is 10.4. The lowest BCUT2D eigenvalue weighted by Crippen LogP contribution is -2.55. The molecular formula is C12H18BrN5O3S. The molecule has 3 aliphatic rings. The van der Waals surface area contributed by atoms with Crippen LogP contribution in [0.4, 0.5) is 0 Å². The molecule has 0 spiro atoms. The molecular weight excluding hydrogens is 374 g/mol. The molecule has 0 amide bonds. The van der Waals surface area contributed by atoms with E-state index in [1.165, 1.54) is 11.8 Å². The summed E-state index contributed by atoms with van der Waals surface area (Å²) in [6.45, 7) is 3.88. The minimum atomic E-state index is -1.05. The van der Waals surface area contributed by atoms with Crippen LogP contribution in [0.2, 0.25) is 0 Å². The molecule has 0 aliphatic carbocycles. The molecule has 0 radical (unpaired) electrons. The Bertz CT molecular complexity index is 557. The Hall–Kier alpha value is -0.680. The minimum absolute atomic E-state index is 0.0700. The molecule has 0 bridgehead atoms. The first kappa shape index (κ1) is 16.2. The average Bonchev–Trinajstić information content (AvgIpc) is 2.93. The topological polar surface area (TPSA) is 116 Å². The molecule has 3 rings (SSSR count). The molecule has 0 aromatic carbocycles. The molecule has 3 heterocycles. The van der Waals surface area contributed by atoms with Crippen molar-refractivity contribution in [1.29, 1.82) is 0 Å². The molecule has 0 aromatic heterocycles. The number of amidine groups is 2. The normalized spacial score (nSPS) is 42.1. The Morgan fingerprint density at radius 1 is 1.50 bits per heavy atom. The first-order valence-electron chi connectivity index (χ1n) is 6.89. The Morgan fingerprint density at radius 3 is 2.82 bits per heavy atom. The number of rotatable bonds is 3. The summed E-state index contributed by atoms with van der Waals surface area (Å²) in [5.74, 6) is 0.940. The average molecular weight is 392 g/mol. The van der Waals surface area contributed by atoms with Gasteiger partial charge in [-0.3, -0.25) is 4.90 Å². The van der Waals surface area contributed by atoms with Crippen molar-refractivity contribution in [2.45, 2.75) is 47.4 Å². The number of hydrogen-bond acceptors (Lipinski definition) is 9. The number of aliphatic hydroxyl groups is 2. The van der Waals surface area contributed by atoms with Gasteiger partial charge in [0, 0.05) is 0 Å². The lowest BCUT2D eigenvalue weighted by molar-refractivity contribution is -0.0307. The largest absolute Gasteiger partial charge is 0.388 e. The first-order valence-corrected chi connectivity index (χ1v) is 8.69. The van der Waals surface area contributed by atoms with Crippen molar-refractivity contribution in [2.75, 3.05) is 6.67 Å². The number of aliphatic imine (C=N–C) groups is 3. The summed E-state index contributed by atoms with van der Waals surface area (Å²) in [6, 6.07) is 0. The maximum Gasteiger partial charge on any atom is 0.222 e. The maximum atomic E-state index is 10.2. The van der Waals surface area contributed by atoms with Crippen LogP contribution in [0.5, 0.6) is 0 Å². The van der Waals surface area contributed by atoms with Crippen LogP contribution in [0.3, 0.4) is 0 Å². The molecule has 10 heteroatoms. The van der Waals surface area contributed by atoms with Gasteiger partial charge in [0.2, 0.25) is 4.87 Å². The summed E-state index contributed by atoms with van der Waals surface area (Å²) in [5.41, 5.74) is 6.09. The molecule has 6 atom stereocenters. The van der Waals surface area contributed by atoms with Crippen LogP contribution in [0, 0.1) is 0 Å². The monoisotopic (exact) mass is 391 g/mol. The molecule has 122 valence electrons. The highest BCUT2D eigenvalue weighted by Crippen LogP contribution is 2.41. The number of ether oxygens (including phenoxy) is 1. The van der Waals surface area contributed by atoms with E-state index in [1.807, 2.05) is 6.92 Å². The molecule has 8 nitrogen and oxygen atoms in total. The van der Waals surface area contributed by atoms with Gasteiger partial charge in [-0.2, -0.15) is 0 Å². The van der Waals surface area contributed by atoms with Crippen LogP contribution in [0.1, 0.15) is 13.8 Å². The van der Waals surface area contributed by atoms with Crippen LogP contribution >= 0.6 is 27.7 Å². The molecule has 4 N–H and O–H groups in total. The second kappa shape index (κ2) is 5.75. The molecule has 2 unspecified atom stereocenters. The van der Waals surface area contributed by atoms with E-state index in [1.54, 1.807) is 18.2 Å². The number of nitrogens with zero attached hydrogens (tertiary/aromatic N) is 4. The summed E-state index contributed by atoms with van der Waals surface area (Å²) in [5, 5.41) is 20.1. The Morgan fingerprint density at radius 2 is 2.23 bits per heavy atom. The van der Waals surface area contributed by atoms with E-state index in [9.17, 15) is 10.2 Å². The molecule has 0 saturated carbocycles. The van der Waals surface area contributed by atoms with E-state index in [-0.39, 0.29) is 10.8 Å². The third kappa shape index (κ3) is 2.37. The van der Waals surface area contributed by atoms with E-state index < -0.39 is 29.4 Å². The van der Waals surface area contributed by atoms with Gasteiger partial charge >= 0.3 is 0 Å². The zero-order valence-electron chi connectivity index (χ0n) is 12.1. The van der Waals surface area contributed by atoms with Gasteiger partial charge in [-0.15, -0.1) is 11.8 Å². The number of aliphatic hydroxyl groups excluding tert-OH is 2. The summed E-state index contributed by atoms with van der Waals surface area (Å²) in [7, 11) is 0. The van der Waals surface area contributed by atoms with Crippen LogP contribution in [-0.4, -0.2) is 73.4 Å². The fraction of sp³-hybridized carbons (Fsp3) is 0.750. The molecule has 1 fully saturated rings. The SMILES string of the molecule is CC(Br)SC12N=CN([C@@H]3O[C@H](C)[C@@H](O)[C@H]3O)C1=NCN=C2N. The molecule has 3 aliphatic heterocycles. The van der Waals surface area contributed by atoms with Crippen molar-refractivity contribution >= 4 is 45.7 Å². The zero-order valence-corrected chi connectivity index (χ0v) is 14.5. The number of fused-ring (bicyclic) bond motifs is 1. The van der Waals surface area contributed by atoms with E-state index in [2.05, 4.69) is 30.9 Å². The second-order valence-electron chi connectivity index (χ2n) is 5.34. The fourth-order valence-electron chi connectivity index (χ4n) is 2.71. The van der Waals surface area contributed by atoms with Crippen molar-refractivity contribution in [3.8, 4) is 0 Å². The van der Waals surface area contributed by atoms with Crippen molar-refractivity contribution in [1.82, 2.24) is 4.90 Å². The van der Waals surface area contributed by atoms with Gasteiger partial charge in [-0.05, 0) is 13.8 Å². The summed E-state index contributed by atoms with van der Waals surface area (Å²) in [6.07, 6.45) is -1.67. The summed E-state index contributed by atoms with van der Waals surface area (Å²) >= 11 is 4.95. The highest BCUT2D eigenvalue weighted by atomic mass is 79.9. The lowest BCUT2D eigenvalue weighted by atomic mass is 10.1. The van der Waals surface area contributed by atoms with E-state index >= 15 is 0 Å². The van der Waals surface area contributed by atoms with E-state index in [0.717, 1.165) is 0 Å². The maximum absolute atomic E-state index is 10.2. The lowest BCUT2D eigenvalue weighted by Gasteiger charge is -2.34. The number of thioether (sulfide) groups is 1. The minimum Gasteiger partial charge on any atom is -0.388 e. The highest BCUT2D eigenvalue weighted by molar-refractivity contribution is 9.11. The number of hydrogen-bond donors (Lipinski definition) is 3. The van der Waals surface area contributed by atoms with Gasteiger partial charge in [-0.25, -0.2) is 15.0 Å². The number of nitrogens with two attached hydrogens (primary N) is 1. The van der Waals surface area contributed by atoms with E-state index in [4.69, 9.17) is 10.5 Å². The Labute approximate surface area is 140 Å². The second-order valence-corrected chi connectivity index (χ2v) is 8.85. The van der Waals surface area contributed by atoms with Gasteiger partial charge < -0.3 is 20.7 Å². The molecule has 0 aromatic rings. The van der Waals surface area contributed by atoms with Crippen LogP contribution in [-0.2, 0) is 4.74 Å². The van der Waals surface area contributed by atoms with Crippen LogP contribution in [0.15, 0.2) is 15.0 Å². The summed E-state index contributed by atoms with van der Waals surface area (Å²) in [4.78, 5) is 13.8. The van der Waals surface area contributed by atoms with Gasteiger partial charge in [0.25, 0.3) is 0 Å². The smallest absolute Gasteiger partial charge is 0.222 e.